The number of ether oxygens (including phenoxy) is 1. The fourth-order valence-electron chi connectivity index (χ4n) is 1.89. The summed E-state index contributed by atoms with van der Waals surface area (Å²) in [5, 5.41) is 0.402. The molecular formula is C16H14Br2ClFO. The van der Waals surface area contributed by atoms with E-state index in [0.29, 0.717) is 11.6 Å². The lowest BCUT2D eigenvalue weighted by Gasteiger charge is -2.15. The Morgan fingerprint density at radius 2 is 2.00 bits per heavy atom. The van der Waals surface area contributed by atoms with E-state index in [2.05, 4.69) is 38.8 Å². The highest BCUT2D eigenvalue weighted by Gasteiger charge is 2.16. The molecule has 0 aromatic heterocycles. The molecule has 2 aromatic rings. The van der Waals surface area contributed by atoms with Gasteiger partial charge in [-0.3, -0.25) is 0 Å². The maximum absolute atomic E-state index is 13.1. The second kappa shape index (κ2) is 7.61. The molecule has 0 bridgehead atoms. The minimum atomic E-state index is -0.340. The van der Waals surface area contributed by atoms with E-state index in [1.807, 2.05) is 18.2 Å². The van der Waals surface area contributed by atoms with Crippen molar-refractivity contribution in [1.82, 2.24) is 0 Å². The first-order chi connectivity index (χ1) is 10.0. The van der Waals surface area contributed by atoms with E-state index in [-0.39, 0.29) is 10.6 Å². The molecule has 0 aliphatic carbocycles. The number of rotatable bonds is 5. The van der Waals surface area contributed by atoms with Crippen LogP contribution >= 0.6 is 43.5 Å². The summed E-state index contributed by atoms with van der Waals surface area (Å²) >= 11 is 13.2. The maximum Gasteiger partial charge on any atom is 0.133 e. The van der Waals surface area contributed by atoms with Crippen LogP contribution in [0.1, 0.15) is 29.3 Å². The summed E-state index contributed by atoms with van der Waals surface area (Å²) in [5.74, 6) is 0.471. The van der Waals surface area contributed by atoms with E-state index in [9.17, 15) is 4.39 Å². The Hall–Kier alpha value is -0.580. The molecule has 2 aromatic carbocycles. The van der Waals surface area contributed by atoms with Gasteiger partial charge in [-0.25, -0.2) is 4.39 Å². The van der Waals surface area contributed by atoms with E-state index in [1.54, 1.807) is 6.07 Å². The molecule has 0 fully saturated rings. The van der Waals surface area contributed by atoms with Crippen molar-refractivity contribution in [2.24, 2.45) is 0 Å². The highest BCUT2D eigenvalue weighted by Crippen LogP contribution is 2.38. The number of hydrogen-bond donors (Lipinski definition) is 0. The second-order valence-corrected chi connectivity index (χ2v) is 6.74. The number of benzene rings is 2. The van der Waals surface area contributed by atoms with Gasteiger partial charge in [0.25, 0.3) is 0 Å². The van der Waals surface area contributed by atoms with Crippen LogP contribution in [0.25, 0.3) is 0 Å². The van der Waals surface area contributed by atoms with Gasteiger partial charge in [-0.2, -0.15) is 0 Å². The van der Waals surface area contributed by atoms with Crippen LogP contribution < -0.4 is 4.74 Å². The monoisotopic (exact) mass is 434 g/mol. The lowest BCUT2D eigenvalue weighted by molar-refractivity contribution is 0.315. The van der Waals surface area contributed by atoms with Crippen LogP contribution in [0.3, 0.4) is 0 Å². The average molecular weight is 437 g/mol. The molecule has 0 saturated heterocycles. The number of hydrogen-bond acceptors (Lipinski definition) is 1. The van der Waals surface area contributed by atoms with Gasteiger partial charge < -0.3 is 4.74 Å². The van der Waals surface area contributed by atoms with Gasteiger partial charge in [0.1, 0.15) is 11.6 Å². The summed E-state index contributed by atoms with van der Waals surface area (Å²) in [4.78, 5) is -0.109. The van der Waals surface area contributed by atoms with Crippen molar-refractivity contribution in [3.8, 4) is 5.75 Å². The summed E-state index contributed by atoms with van der Waals surface area (Å²) < 4.78 is 19.6. The Balaban J connectivity index is 2.27. The standard InChI is InChI=1S/C16H14Br2ClFO/c1-2-7-21-15-6-3-10(8-13(15)17)16(18)12-5-4-11(20)9-14(12)19/h3-6,8-9,16H,2,7H2,1H3. The molecule has 0 amide bonds. The van der Waals surface area contributed by atoms with Crippen LogP contribution in [0.5, 0.6) is 5.75 Å². The Labute approximate surface area is 145 Å². The molecule has 1 atom stereocenters. The summed E-state index contributed by atoms with van der Waals surface area (Å²) in [6.07, 6.45) is 0.959. The summed E-state index contributed by atoms with van der Waals surface area (Å²) in [7, 11) is 0. The summed E-state index contributed by atoms with van der Waals surface area (Å²) in [6.45, 7) is 2.74. The first-order valence-corrected chi connectivity index (χ1v) is 8.63. The summed E-state index contributed by atoms with van der Waals surface area (Å²) in [6, 6.07) is 10.3. The van der Waals surface area contributed by atoms with Gasteiger partial charge in [-0.05, 0) is 57.7 Å². The molecule has 5 heteroatoms. The predicted molar refractivity (Wildman–Crippen MR) is 92.1 cm³/mol. The van der Waals surface area contributed by atoms with Gasteiger partial charge in [0.05, 0.1) is 15.9 Å². The molecule has 112 valence electrons. The number of alkyl halides is 1. The van der Waals surface area contributed by atoms with Crippen molar-refractivity contribution in [1.29, 1.82) is 0 Å². The molecule has 0 spiro atoms. The number of halogens is 4. The molecule has 1 unspecified atom stereocenters. The lowest BCUT2D eigenvalue weighted by atomic mass is 10.0. The van der Waals surface area contributed by atoms with Gasteiger partial charge in [0, 0.05) is 5.02 Å². The minimum absolute atomic E-state index is 0.109. The van der Waals surface area contributed by atoms with Crippen molar-refractivity contribution in [3.63, 3.8) is 0 Å². The molecule has 21 heavy (non-hydrogen) atoms. The van der Waals surface area contributed by atoms with Gasteiger partial charge in [0.2, 0.25) is 0 Å². The van der Waals surface area contributed by atoms with Gasteiger partial charge >= 0.3 is 0 Å². The first kappa shape index (κ1) is 16.8. The van der Waals surface area contributed by atoms with E-state index in [1.165, 1.54) is 12.1 Å². The normalized spacial score (nSPS) is 12.2. The molecule has 0 radical (unpaired) electrons. The molecule has 0 heterocycles. The average Bonchev–Trinajstić information content (AvgIpc) is 2.45. The predicted octanol–water partition coefficient (Wildman–Crippen LogP) is 6.51. The van der Waals surface area contributed by atoms with Crippen LogP contribution in [-0.2, 0) is 0 Å². The zero-order valence-corrected chi connectivity index (χ0v) is 15.3. The van der Waals surface area contributed by atoms with Crippen LogP contribution in [0, 0.1) is 5.82 Å². The van der Waals surface area contributed by atoms with Crippen molar-refractivity contribution in [2.45, 2.75) is 18.2 Å². The quantitative estimate of drug-likeness (QED) is 0.485. The van der Waals surface area contributed by atoms with Gasteiger partial charge in [-0.1, -0.05) is 46.6 Å². The fraction of sp³-hybridized carbons (Fsp3) is 0.250. The third kappa shape index (κ3) is 4.21. The largest absolute Gasteiger partial charge is 0.492 e. The SMILES string of the molecule is CCCOc1ccc(C(Br)c2ccc(F)cc2Cl)cc1Br. The van der Waals surface area contributed by atoms with Crippen LogP contribution in [0.2, 0.25) is 5.02 Å². The highest BCUT2D eigenvalue weighted by molar-refractivity contribution is 9.10. The summed E-state index contributed by atoms with van der Waals surface area (Å²) in [5.41, 5.74) is 1.84. The zero-order valence-electron chi connectivity index (χ0n) is 11.4. The lowest BCUT2D eigenvalue weighted by Crippen LogP contribution is -1.98. The second-order valence-electron chi connectivity index (χ2n) is 4.57. The molecule has 0 saturated carbocycles. The Morgan fingerprint density at radius 3 is 2.62 bits per heavy atom. The molecule has 0 N–H and O–H groups in total. The van der Waals surface area contributed by atoms with E-state index in [0.717, 1.165) is 27.8 Å². The van der Waals surface area contributed by atoms with Gasteiger partial charge in [-0.15, -0.1) is 0 Å². The fourth-order valence-corrected chi connectivity index (χ4v) is 3.49. The molecule has 2 rings (SSSR count). The molecule has 0 aliphatic heterocycles. The smallest absolute Gasteiger partial charge is 0.133 e. The Morgan fingerprint density at radius 1 is 1.24 bits per heavy atom. The van der Waals surface area contributed by atoms with E-state index in [4.69, 9.17) is 16.3 Å². The molecule has 1 nitrogen and oxygen atoms in total. The highest BCUT2D eigenvalue weighted by atomic mass is 79.9. The van der Waals surface area contributed by atoms with E-state index >= 15 is 0 Å². The van der Waals surface area contributed by atoms with Crippen LogP contribution in [0.4, 0.5) is 4.39 Å². The minimum Gasteiger partial charge on any atom is -0.492 e. The first-order valence-electron chi connectivity index (χ1n) is 6.54. The molecule has 0 aliphatic rings. The van der Waals surface area contributed by atoms with E-state index < -0.39 is 0 Å². The Bertz CT molecular complexity index is 634. The van der Waals surface area contributed by atoms with Crippen molar-refractivity contribution in [3.05, 3.63) is 62.8 Å². The van der Waals surface area contributed by atoms with Crippen LogP contribution in [0.15, 0.2) is 40.9 Å². The zero-order chi connectivity index (χ0) is 15.4. The maximum atomic E-state index is 13.1. The van der Waals surface area contributed by atoms with Crippen molar-refractivity contribution >= 4 is 43.5 Å². The van der Waals surface area contributed by atoms with Crippen molar-refractivity contribution < 1.29 is 9.13 Å². The van der Waals surface area contributed by atoms with Crippen molar-refractivity contribution in [2.75, 3.05) is 6.61 Å². The van der Waals surface area contributed by atoms with Crippen LogP contribution in [-0.4, -0.2) is 6.61 Å². The Kier molecular flexibility index (Phi) is 6.08. The third-order valence-corrected chi connectivity index (χ3v) is 4.91. The molecular weight excluding hydrogens is 422 g/mol. The topological polar surface area (TPSA) is 9.23 Å². The third-order valence-electron chi connectivity index (χ3n) is 2.95. The van der Waals surface area contributed by atoms with Gasteiger partial charge in [0.15, 0.2) is 0 Å².